The van der Waals surface area contributed by atoms with E-state index in [-0.39, 0.29) is 17.8 Å². The number of furan rings is 1. The molecule has 22 heavy (non-hydrogen) atoms. The van der Waals surface area contributed by atoms with Crippen LogP contribution in [-0.4, -0.2) is 16.1 Å². The molecule has 3 atom stereocenters. The Morgan fingerprint density at radius 1 is 1.32 bits per heavy atom. The fourth-order valence-electron chi connectivity index (χ4n) is 2.43. The van der Waals surface area contributed by atoms with Gasteiger partial charge >= 0.3 is 0 Å². The molecule has 2 aromatic rings. The minimum atomic E-state index is -0.671. The standard InChI is InChI=1S/C16H20N2O4/c1-11(9-15(19)16-7-4-8-22-16)17-12(2)13-5-3-6-14(10-13)18(20)21/h3-8,10-12,15,17,19H,9H2,1-2H3. The van der Waals surface area contributed by atoms with E-state index in [1.54, 1.807) is 24.3 Å². The maximum Gasteiger partial charge on any atom is 0.269 e. The third-order valence-electron chi connectivity index (χ3n) is 3.56. The molecule has 0 fully saturated rings. The van der Waals surface area contributed by atoms with Crippen LogP contribution in [0.4, 0.5) is 5.69 Å². The van der Waals surface area contributed by atoms with Gasteiger partial charge in [0.05, 0.1) is 11.2 Å². The van der Waals surface area contributed by atoms with Crippen molar-refractivity contribution >= 4 is 5.69 Å². The van der Waals surface area contributed by atoms with E-state index in [4.69, 9.17) is 4.42 Å². The van der Waals surface area contributed by atoms with Crippen molar-refractivity contribution in [2.75, 3.05) is 0 Å². The fourth-order valence-corrected chi connectivity index (χ4v) is 2.43. The van der Waals surface area contributed by atoms with Crippen molar-refractivity contribution in [3.63, 3.8) is 0 Å². The topological polar surface area (TPSA) is 88.5 Å². The molecule has 3 unspecified atom stereocenters. The van der Waals surface area contributed by atoms with Crippen molar-refractivity contribution < 1.29 is 14.4 Å². The fraction of sp³-hybridized carbons (Fsp3) is 0.375. The van der Waals surface area contributed by atoms with Crippen LogP contribution in [-0.2, 0) is 0 Å². The van der Waals surface area contributed by atoms with Gasteiger partial charge in [-0.2, -0.15) is 0 Å². The number of nitrogens with zero attached hydrogens (tertiary/aromatic N) is 1. The van der Waals surface area contributed by atoms with Crippen LogP contribution in [0, 0.1) is 10.1 Å². The van der Waals surface area contributed by atoms with Crippen LogP contribution in [0.2, 0.25) is 0 Å². The summed E-state index contributed by atoms with van der Waals surface area (Å²) < 4.78 is 5.18. The predicted molar refractivity (Wildman–Crippen MR) is 82.4 cm³/mol. The highest BCUT2D eigenvalue weighted by atomic mass is 16.6. The molecule has 0 radical (unpaired) electrons. The van der Waals surface area contributed by atoms with Gasteiger partial charge in [0.1, 0.15) is 11.9 Å². The molecule has 0 bridgehead atoms. The van der Waals surface area contributed by atoms with Crippen LogP contribution < -0.4 is 5.32 Å². The highest BCUT2D eigenvalue weighted by Crippen LogP contribution is 2.22. The summed E-state index contributed by atoms with van der Waals surface area (Å²) in [6.45, 7) is 3.90. The summed E-state index contributed by atoms with van der Waals surface area (Å²) in [5.74, 6) is 0.539. The number of nitro groups is 1. The zero-order chi connectivity index (χ0) is 16.1. The molecular weight excluding hydrogens is 284 g/mol. The molecule has 0 saturated carbocycles. The number of non-ortho nitro benzene ring substituents is 1. The maximum atomic E-state index is 10.8. The van der Waals surface area contributed by atoms with E-state index in [0.717, 1.165) is 5.56 Å². The molecule has 0 spiro atoms. The molecule has 0 aliphatic rings. The first-order valence-corrected chi connectivity index (χ1v) is 7.19. The zero-order valence-corrected chi connectivity index (χ0v) is 12.6. The molecule has 118 valence electrons. The van der Waals surface area contributed by atoms with E-state index < -0.39 is 11.0 Å². The normalized spacial score (nSPS) is 15.2. The highest BCUT2D eigenvalue weighted by molar-refractivity contribution is 5.35. The van der Waals surface area contributed by atoms with E-state index in [1.807, 2.05) is 19.9 Å². The Kier molecular flexibility index (Phi) is 5.30. The first-order valence-electron chi connectivity index (χ1n) is 7.19. The largest absolute Gasteiger partial charge is 0.467 e. The van der Waals surface area contributed by atoms with Crippen LogP contribution in [0.5, 0.6) is 0 Å². The van der Waals surface area contributed by atoms with E-state index in [2.05, 4.69) is 5.32 Å². The maximum absolute atomic E-state index is 10.8. The first-order chi connectivity index (χ1) is 10.5. The molecule has 6 nitrogen and oxygen atoms in total. The number of rotatable bonds is 7. The van der Waals surface area contributed by atoms with Crippen molar-refractivity contribution in [1.29, 1.82) is 0 Å². The van der Waals surface area contributed by atoms with Crippen molar-refractivity contribution in [1.82, 2.24) is 5.32 Å². The van der Waals surface area contributed by atoms with Crippen molar-refractivity contribution in [2.24, 2.45) is 0 Å². The molecule has 1 aromatic heterocycles. The number of hydrogen-bond acceptors (Lipinski definition) is 5. The SMILES string of the molecule is CC(CC(O)c1ccco1)NC(C)c1cccc([N+](=O)[O-])c1. The van der Waals surface area contributed by atoms with Gasteiger partial charge in [-0.3, -0.25) is 10.1 Å². The Morgan fingerprint density at radius 3 is 2.73 bits per heavy atom. The highest BCUT2D eigenvalue weighted by Gasteiger charge is 2.17. The van der Waals surface area contributed by atoms with Gasteiger partial charge in [-0.05, 0) is 38.0 Å². The van der Waals surface area contributed by atoms with Crippen LogP contribution in [0.25, 0.3) is 0 Å². The lowest BCUT2D eigenvalue weighted by Gasteiger charge is -2.22. The summed E-state index contributed by atoms with van der Waals surface area (Å²) in [6, 6.07) is 10.00. The van der Waals surface area contributed by atoms with Gasteiger partial charge in [0, 0.05) is 24.2 Å². The number of aliphatic hydroxyl groups is 1. The average molecular weight is 304 g/mol. The predicted octanol–water partition coefficient (Wildman–Crippen LogP) is 3.35. The number of benzene rings is 1. The Morgan fingerprint density at radius 2 is 2.09 bits per heavy atom. The van der Waals surface area contributed by atoms with Crippen LogP contribution in [0.3, 0.4) is 0 Å². The lowest BCUT2D eigenvalue weighted by Crippen LogP contribution is -2.30. The summed E-state index contributed by atoms with van der Waals surface area (Å²) >= 11 is 0. The molecule has 2 rings (SSSR count). The lowest BCUT2D eigenvalue weighted by molar-refractivity contribution is -0.384. The van der Waals surface area contributed by atoms with Crippen molar-refractivity contribution in [3.8, 4) is 0 Å². The van der Waals surface area contributed by atoms with E-state index in [1.165, 1.54) is 12.3 Å². The molecule has 0 saturated heterocycles. The van der Waals surface area contributed by atoms with Crippen molar-refractivity contribution in [3.05, 3.63) is 64.1 Å². The molecule has 0 amide bonds. The average Bonchev–Trinajstić information content (AvgIpc) is 3.01. The van der Waals surface area contributed by atoms with E-state index in [0.29, 0.717) is 12.2 Å². The Bertz CT molecular complexity index is 612. The minimum absolute atomic E-state index is 0.0226. The molecule has 0 aliphatic heterocycles. The van der Waals surface area contributed by atoms with Crippen LogP contribution >= 0.6 is 0 Å². The van der Waals surface area contributed by atoms with E-state index >= 15 is 0 Å². The Labute approximate surface area is 128 Å². The molecule has 0 aliphatic carbocycles. The molecule has 6 heteroatoms. The second-order valence-corrected chi connectivity index (χ2v) is 5.41. The van der Waals surface area contributed by atoms with Gasteiger partial charge in [-0.15, -0.1) is 0 Å². The Hall–Kier alpha value is -2.18. The third-order valence-corrected chi connectivity index (χ3v) is 3.56. The Balaban J connectivity index is 1.94. The minimum Gasteiger partial charge on any atom is -0.467 e. The number of hydrogen-bond donors (Lipinski definition) is 2. The van der Waals surface area contributed by atoms with Crippen LogP contribution in [0.1, 0.15) is 43.7 Å². The number of aliphatic hydroxyl groups excluding tert-OH is 1. The second kappa shape index (κ2) is 7.20. The summed E-state index contributed by atoms with van der Waals surface area (Å²) in [5, 5.41) is 24.2. The van der Waals surface area contributed by atoms with Crippen LogP contribution in [0.15, 0.2) is 47.1 Å². The lowest BCUT2D eigenvalue weighted by atomic mass is 10.0. The summed E-state index contributed by atoms with van der Waals surface area (Å²) in [7, 11) is 0. The van der Waals surface area contributed by atoms with Gasteiger partial charge in [0.15, 0.2) is 0 Å². The van der Waals surface area contributed by atoms with Gasteiger partial charge < -0.3 is 14.8 Å². The van der Waals surface area contributed by atoms with Gasteiger partial charge in [-0.25, -0.2) is 0 Å². The quantitative estimate of drug-likeness (QED) is 0.605. The molecular formula is C16H20N2O4. The summed E-state index contributed by atoms with van der Waals surface area (Å²) in [6.07, 6.45) is 1.35. The zero-order valence-electron chi connectivity index (χ0n) is 12.6. The first kappa shape index (κ1) is 16.2. The molecule has 1 aromatic carbocycles. The molecule has 1 heterocycles. The second-order valence-electron chi connectivity index (χ2n) is 5.41. The molecule has 2 N–H and O–H groups in total. The van der Waals surface area contributed by atoms with Gasteiger partial charge in [0.2, 0.25) is 0 Å². The van der Waals surface area contributed by atoms with Crippen molar-refractivity contribution in [2.45, 2.75) is 38.5 Å². The summed E-state index contributed by atoms with van der Waals surface area (Å²) in [4.78, 5) is 10.4. The number of nitro benzene ring substituents is 1. The monoisotopic (exact) mass is 304 g/mol. The third kappa shape index (κ3) is 4.16. The summed E-state index contributed by atoms with van der Waals surface area (Å²) in [5.41, 5.74) is 0.919. The van der Waals surface area contributed by atoms with Gasteiger partial charge in [-0.1, -0.05) is 12.1 Å². The number of nitrogens with one attached hydrogen (secondary N) is 1. The van der Waals surface area contributed by atoms with Gasteiger partial charge in [0.25, 0.3) is 5.69 Å². The smallest absolute Gasteiger partial charge is 0.269 e. The van der Waals surface area contributed by atoms with E-state index in [9.17, 15) is 15.2 Å².